The summed E-state index contributed by atoms with van der Waals surface area (Å²) in [5.74, 6) is 0. The van der Waals surface area contributed by atoms with E-state index < -0.39 is 6.69 Å². The van der Waals surface area contributed by atoms with Crippen LogP contribution in [0.2, 0.25) is 0 Å². The normalized spacial score (nSPS) is 10.8. The Hall–Kier alpha value is -0.603. The first-order valence-corrected chi connectivity index (χ1v) is 8.82. The first-order chi connectivity index (χ1) is 6.20. The molecule has 0 nitrogen and oxygen atoms in total. The summed E-state index contributed by atoms with van der Waals surface area (Å²) in [4.78, 5) is 0. The molecule has 0 N–H and O–H groups in total. The van der Waals surface area contributed by atoms with E-state index in [-0.39, 0.29) is 0 Å². The molecule has 0 saturated carbocycles. The summed E-state index contributed by atoms with van der Waals surface area (Å²) in [5.41, 5.74) is 5.35. The lowest BCUT2D eigenvalue weighted by Crippen LogP contribution is -2.24. The Morgan fingerprint density at radius 1 is 1.15 bits per heavy atom. The van der Waals surface area contributed by atoms with Crippen molar-refractivity contribution < 1.29 is 0 Å². The van der Waals surface area contributed by atoms with E-state index in [0.29, 0.717) is 0 Å². The molecule has 2 heteroatoms. The first kappa shape index (κ1) is 10.5. The van der Waals surface area contributed by atoms with Gasteiger partial charge in [0.25, 0.3) is 0 Å². The Bertz CT molecular complexity index is 284. The van der Waals surface area contributed by atoms with Crippen molar-refractivity contribution in [2.24, 2.45) is 0 Å². The predicted molar refractivity (Wildman–Crippen MR) is 65.2 cm³/mol. The van der Waals surface area contributed by atoms with Gasteiger partial charge in [0.2, 0.25) is 0 Å². The van der Waals surface area contributed by atoms with Crippen LogP contribution >= 0.6 is 15.3 Å². The van der Waals surface area contributed by atoms with Crippen LogP contribution in [0.5, 0.6) is 0 Å². The maximum atomic E-state index is 3.84. The van der Waals surface area contributed by atoms with Crippen LogP contribution in [0, 0.1) is 0 Å². The van der Waals surface area contributed by atoms with Crippen LogP contribution in [0.3, 0.4) is 0 Å². The molecule has 0 aliphatic carbocycles. The van der Waals surface area contributed by atoms with Crippen molar-refractivity contribution >= 4 is 22.0 Å². The Morgan fingerprint density at radius 3 is 2.15 bits per heavy atom. The van der Waals surface area contributed by atoms with Crippen molar-refractivity contribution in [3.63, 3.8) is 0 Å². The van der Waals surface area contributed by atoms with Crippen molar-refractivity contribution in [3.05, 3.63) is 60.5 Å². The van der Waals surface area contributed by atoms with Gasteiger partial charge in [-0.1, -0.05) is 41.7 Å². The van der Waals surface area contributed by atoms with Gasteiger partial charge >= 0.3 is 0 Å². The molecule has 1 aromatic rings. The third-order valence-electron chi connectivity index (χ3n) is 2.00. The van der Waals surface area contributed by atoms with E-state index in [1.54, 1.807) is 0 Å². The van der Waals surface area contributed by atoms with E-state index >= 15 is 0 Å². The van der Waals surface area contributed by atoms with Gasteiger partial charge in [-0.15, -0.1) is 28.5 Å². The maximum Gasteiger partial charge on any atom is 0.179 e. The minimum atomic E-state index is -1.60. The molecule has 0 aromatic heterocycles. The molecule has 0 radical (unpaired) electrons. The van der Waals surface area contributed by atoms with Gasteiger partial charge in [-0.2, -0.15) is 0 Å². The molecule has 1 rings (SSSR count). The van der Waals surface area contributed by atoms with E-state index in [9.17, 15) is 0 Å². The summed E-state index contributed by atoms with van der Waals surface area (Å²) in [5, 5.41) is 0. The van der Waals surface area contributed by atoms with Crippen molar-refractivity contribution in [2.45, 2.75) is 6.04 Å². The molecule has 0 aliphatic heterocycles. The molecule has 0 saturated heterocycles. The highest BCUT2D eigenvalue weighted by Gasteiger charge is 2.21. The highest BCUT2D eigenvalue weighted by molar-refractivity contribution is 9.26. The largest absolute Gasteiger partial charge is 0.179 e. The lowest BCUT2D eigenvalue weighted by atomic mass is 10.2. The van der Waals surface area contributed by atoms with Crippen LogP contribution in [-0.2, 0) is 6.04 Å². The summed E-state index contributed by atoms with van der Waals surface area (Å²) in [6.45, 7) is 6.09. The van der Waals surface area contributed by atoms with Crippen LogP contribution < -0.4 is 0 Å². The van der Waals surface area contributed by atoms with Crippen LogP contribution in [0.1, 0.15) is 5.56 Å². The monoisotopic (exact) mass is 252 g/mol. The summed E-state index contributed by atoms with van der Waals surface area (Å²) < 4.78 is 0. The van der Waals surface area contributed by atoms with E-state index in [4.69, 9.17) is 0 Å². The summed E-state index contributed by atoms with van der Waals surface area (Å²) >= 11 is 3.72. The smallest absolute Gasteiger partial charge is 0.115 e. The Balaban J connectivity index is 2.79. The van der Waals surface area contributed by atoms with Crippen LogP contribution in [0.15, 0.2) is 54.9 Å². The SMILES string of the molecule is C=C[Si](Br)(C=C)Cc1ccccc1. The molecule has 0 atom stereocenters. The molecule has 13 heavy (non-hydrogen) atoms. The highest BCUT2D eigenvalue weighted by Crippen LogP contribution is 2.20. The Morgan fingerprint density at radius 2 is 1.69 bits per heavy atom. The van der Waals surface area contributed by atoms with Gasteiger partial charge < -0.3 is 0 Å². The Labute approximate surface area is 88.6 Å². The van der Waals surface area contributed by atoms with Crippen molar-refractivity contribution in [1.29, 1.82) is 0 Å². The average Bonchev–Trinajstić information content (AvgIpc) is 2.19. The minimum Gasteiger partial charge on any atom is -0.115 e. The average molecular weight is 253 g/mol. The minimum absolute atomic E-state index is 1.03. The summed E-state index contributed by atoms with van der Waals surface area (Å²) in [6.07, 6.45) is 0. The third kappa shape index (κ3) is 2.97. The van der Waals surface area contributed by atoms with E-state index in [1.165, 1.54) is 5.56 Å². The zero-order chi connectivity index (χ0) is 9.73. The third-order valence-corrected chi connectivity index (χ3v) is 7.09. The van der Waals surface area contributed by atoms with Gasteiger partial charge in [0, 0.05) is 0 Å². The van der Waals surface area contributed by atoms with Gasteiger partial charge in [-0.25, -0.2) is 0 Å². The number of halogens is 1. The molecule has 68 valence electrons. The van der Waals surface area contributed by atoms with Gasteiger partial charge in [-0.3, -0.25) is 0 Å². The molecule has 0 heterocycles. The van der Waals surface area contributed by atoms with Gasteiger partial charge in [0.15, 0.2) is 6.69 Å². The number of hydrogen-bond donors (Lipinski definition) is 0. The van der Waals surface area contributed by atoms with E-state index in [0.717, 1.165) is 6.04 Å². The maximum absolute atomic E-state index is 3.84. The lowest BCUT2D eigenvalue weighted by Gasteiger charge is -2.15. The molecule has 0 unspecified atom stereocenters. The Kier molecular flexibility index (Phi) is 3.69. The molecule has 0 bridgehead atoms. The number of hydrogen-bond acceptors (Lipinski definition) is 0. The molecular weight excluding hydrogens is 240 g/mol. The molecule has 0 amide bonds. The molecule has 0 spiro atoms. The fourth-order valence-corrected chi connectivity index (χ4v) is 3.42. The van der Waals surface area contributed by atoms with E-state index in [2.05, 4.69) is 52.7 Å². The lowest BCUT2D eigenvalue weighted by molar-refractivity contribution is 1.37. The second-order valence-corrected chi connectivity index (χ2v) is 10.5. The zero-order valence-corrected chi connectivity index (χ0v) is 10.1. The van der Waals surface area contributed by atoms with Crippen molar-refractivity contribution in [1.82, 2.24) is 0 Å². The second kappa shape index (κ2) is 4.58. The quantitative estimate of drug-likeness (QED) is 0.568. The fourth-order valence-electron chi connectivity index (χ4n) is 1.14. The van der Waals surface area contributed by atoms with Crippen LogP contribution in [-0.4, -0.2) is 6.69 Å². The molecule has 0 fully saturated rings. The summed E-state index contributed by atoms with van der Waals surface area (Å²) in [6, 6.07) is 11.4. The summed E-state index contributed by atoms with van der Waals surface area (Å²) in [7, 11) is 0. The second-order valence-electron chi connectivity index (χ2n) is 3.00. The van der Waals surface area contributed by atoms with Crippen molar-refractivity contribution in [3.8, 4) is 0 Å². The predicted octanol–water partition coefficient (Wildman–Crippen LogP) is 3.56. The van der Waals surface area contributed by atoms with E-state index in [1.807, 2.05) is 17.5 Å². The zero-order valence-electron chi connectivity index (χ0n) is 7.54. The number of rotatable bonds is 4. The first-order valence-electron chi connectivity index (χ1n) is 4.20. The fraction of sp³-hybridized carbons (Fsp3) is 0.0909. The van der Waals surface area contributed by atoms with Crippen molar-refractivity contribution in [2.75, 3.05) is 0 Å². The van der Waals surface area contributed by atoms with Crippen LogP contribution in [0.4, 0.5) is 0 Å². The standard InChI is InChI=1S/C11H13BrSi/c1-3-13(12,4-2)10-11-8-6-5-7-9-11/h3-9H,1-2,10H2. The van der Waals surface area contributed by atoms with Gasteiger partial charge in [-0.05, 0) is 11.6 Å². The van der Waals surface area contributed by atoms with Gasteiger partial charge in [0.05, 0.1) is 0 Å². The molecule has 0 aliphatic rings. The van der Waals surface area contributed by atoms with Gasteiger partial charge in [0.1, 0.15) is 0 Å². The topological polar surface area (TPSA) is 0 Å². The molecule has 1 aromatic carbocycles. The van der Waals surface area contributed by atoms with Crippen LogP contribution in [0.25, 0.3) is 0 Å². The number of benzene rings is 1. The highest BCUT2D eigenvalue weighted by atomic mass is 79.9. The molecular formula is C11H13BrSi.